The van der Waals surface area contributed by atoms with E-state index >= 15 is 0 Å². The molecule has 5 heteroatoms. The maximum Gasteiger partial charge on any atom is 0.182 e. The number of hydrogen-bond donors (Lipinski definition) is 1. The number of nitrogens with zero attached hydrogens (tertiary/aromatic N) is 3. The number of nitrogens with one attached hydrogen (secondary N) is 1. The normalized spacial score (nSPS) is 10.4. The lowest BCUT2D eigenvalue weighted by Gasteiger charge is -2.00. The molecule has 0 radical (unpaired) electrons. The Balaban J connectivity index is 2.38. The first-order valence-corrected chi connectivity index (χ1v) is 5.31. The molecule has 0 spiro atoms. The smallest absolute Gasteiger partial charge is 0.182 e. The van der Waals surface area contributed by atoms with Crippen LogP contribution in [0.25, 0.3) is 10.6 Å². The minimum absolute atomic E-state index is 0.933. The summed E-state index contributed by atoms with van der Waals surface area (Å²) in [4.78, 5) is 9.51. The van der Waals surface area contributed by atoms with E-state index < -0.39 is 0 Å². The molecule has 2 heterocycles. The minimum Gasteiger partial charge on any atom is -0.365 e. The lowest BCUT2D eigenvalue weighted by atomic mass is 10.4. The average molecular weight is 208 g/mol. The lowest BCUT2D eigenvalue weighted by molar-refractivity contribution is 0.770. The van der Waals surface area contributed by atoms with Crippen LogP contribution in [0, 0.1) is 0 Å². The van der Waals surface area contributed by atoms with Crippen LogP contribution in [0.4, 0.5) is 5.13 Å². The van der Waals surface area contributed by atoms with Crippen molar-refractivity contribution >= 4 is 16.5 Å². The van der Waals surface area contributed by atoms with Crippen LogP contribution in [0.3, 0.4) is 0 Å². The van der Waals surface area contributed by atoms with Crippen LogP contribution in [0.1, 0.15) is 6.92 Å². The molecule has 2 aromatic heterocycles. The molecule has 0 fully saturated rings. The van der Waals surface area contributed by atoms with Gasteiger partial charge in [-0.05, 0) is 6.92 Å². The zero-order valence-corrected chi connectivity index (χ0v) is 9.01. The Morgan fingerprint density at radius 1 is 1.50 bits per heavy atom. The Labute approximate surface area is 86.6 Å². The summed E-state index contributed by atoms with van der Waals surface area (Å²) >= 11 is 1.64. The molecule has 14 heavy (non-hydrogen) atoms. The van der Waals surface area contributed by atoms with Crippen molar-refractivity contribution in [2.24, 2.45) is 0 Å². The zero-order chi connectivity index (χ0) is 9.97. The highest BCUT2D eigenvalue weighted by atomic mass is 32.1. The Morgan fingerprint density at radius 2 is 2.36 bits per heavy atom. The van der Waals surface area contributed by atoms with Gasteiger partial charge in [0.15, 0.2) is 5.13 Å². The number of anilines is 1. The quantitative estimate of drug-likeness (QED) is 0.839. The Bertz CT molecular complexity index is 418. The van der Waals surface area contributed by atoms with E-state index in [9.17, 15) is 0 Å². The van der Waals surface area contributed by atoms with Gasteiger partial charge < -0.3 is 9.88 Å². The molecule has 0 bridgehead atoms. The van der Waals surface area contributed by atoms with E-state index in [1.54, 1.807) is 11.3 Å². The third-order valence-electron chi connectivity index (χ3n) is 2.02. The van der Waals surface area contributed by atoms with Crippen LogP contribution in [0.15, 0.2) is 18.7 Å². The van der Waals surface area contributed by atoms with Gasteiger partial charge in [0.1, 0.15) is 0 Å². The van der Waals surface area contributed by atoms with Gasteiger partial charge in [-0.15, -0.1) is 0 Å². The molecule has 0 saturated heterocycles. The molecule has 0 aliphatic rings. The molecule has 2 rings (SSSR count). The van der Waals surface area contributed by atoms with Gasteiger partial charge in [0, 0.05) is 19.8 Å². The molecular formula is C9H12N4S. The fraction of sp³-hybridized carbons (Fsp3) is 0.333. The van der Waals surface area contributed by atoms with Gasteiger partial charge in [0.2, 0.25) is 0 Å². The van der Waals surface area contributed by atoms with E-state index in [1.807, 2.05) is 25.8 Å². The number of rotatable bonds is 3. The van der Waals surface area contributed by atoms with Crippen molar-refractivity contribution < 1.29 is 0 Å². The summed E-state index contributed by atoms with van der Waals surface area (Å²) in [5.74, 6) is 0. The third-order valence-corrected chi connectivity index (χ3v) is 3.06. The summed E-state index contributed by atoms with van der Waals surface area (Å²) < 4.78 is 2.10. The highest BCUT2D eigenvalue weighted by molar-refractivity contribution is 7.18. The fourth-order valence-corrected chi connectivity index (χ4v) is 2.08. The molecule has 0 unspecified atom stereocenters. The van der Waals surface area contributed by atoms with Crippen molar-refractivity contribution in [1.82, 2.24) is 14.5 Å². The highest BCUT2D eigenvalue weighted by Crippen LogP contribution is 2.28. The predicted octanol–water partition coefficient (Wildman–Crippen LogP) is 2.07. The molecule has 0 aliphatic carbocycles. The summed E-state index contributed by atoms with van der Waals surface area (Å²) in [5.41, 5.74) is 1.13. The van der Waals surface area contributed by atoms with E-state index in [-0.39, 0.29) is 0 Å². The number of imidazole rings is 1. The predicted molar refractivity (Wildman–Crippen MR) is 58.6 cm³/mol. The summed E-state index contributed by atoms with van der Waals surface area (Å²) in [7, 11) is 1.87. The molecule has 0 atom stereocenters. The fourth-order valence-electron chi connectivity index (χ4n) is 1.29. The molecule has 2 aromatic rings. The summed E-state index contributed by atoms with van der Waals surface area (Å²) in [6, 6.07) is 0. The number of aromatic nitrogens is 3. The van der Waals surface area contributed by atoms with Gasteiger partial charge >= 0.3 is 0 Å². The van der Waals surface area contributed by atoms with E-state index in [0.29, 0.717) is 0 Å². The molecule has 0 amide bonds. The largest absolute Gasteiger partial charge is 0.365 e. The van der Waals surface area contributed by atoms with Gasteiger partial charge in [-0.1, -0.05) is 11.3 Å². The molecule has 0 aliphatic heterocycles. The van der Waals surface area contributed by atoms with Crippen LogP contribution in [0.5, 0.6) is 0 Å². The molecule has 4 nitrogen and oxygen atoms in total. The van der Waals surface area contributed by atoms with Gasteiger partial charge in [0.05, 0.1) is 23.1 Å². The monoisotopic (exact) mass is 208 g/mol. The van der Waals surface area contributed by atoms with Crippen LogP contribution >= 0.6 is 11.3 Å². The number of thiazole rings is 1. The minimum atomic E-state index is 0.933. The molecule has 1 N–H and O–H groups in total. The number of hydrogen-bond acceptors (Lipinski definition) is 4. The molecule has 0 saturated carbocycles. The van der Waals surface area contributed by atoms with E-state index in [2.05, 4.69) is 26.8 Å². The van der Waals surface area contributed by atoms with Gasteiger partial charge in [-0.25, -0.2) is 9.97 Å². The van der Waals surface area contributed by atoms with E-state index in [1.165, 1.54) is 0 Å². The molecular weight excluding hydrogens is 196 g/mol. The van der Waals surface area contributed by atoms with Crippen LogP contribution in [-0.2, 0) is 6.54 Å². The Kier molecular flexibility index (Phi) is 2.49. The van der Waals surface area contributed by atoms with Crippen LogP contribution < -0.4 is 5.32 Å². The molecule has 0 aromatic carbocycles. The van der Waals surface area contributed by atoms with Crippen molar-refractivity contribution in [3.05, 3.63) is 18.7 Å². The lowest BCUT2D eigenvalue weighted by Crippen LogP contribution is -1.92. The average Bonchev–Trinajstić information content (AvgIpc) is 2.85. The summed E-state index contributed by atoms with van der Waals surface area (Å²) in [6.45, 7) is 3.04. The van der Waals surface area contributed by atoms with Crippen LogP contribution in [0.2, 0.25) is 0 Å². The SMILES string of the molecule is CCn1cncc1-c1cnc(NC)s1. The summed E-state index contributed by atoms with van der Waals surface area (Å²) in [6.07, 6.45) is 5.59. The first kappa shape index (κ1) is 9.21. The standard InChI is InChI=1S/C9H12N4S/c1-3-13-6-11-4-7(13)8-5-12-9(10-2)14-8/h4-6H,3H2,1-2H3,(H,10,12). The van der Waals surface area contributed by atoms with E-state index in [4.69, 9.17) is 0 Å². The first-order chi connectivity index (χ1) is 6.85. The van der Waals surface area contributed by atoms with Gasteiger partial charge in [0.25, 0.3) is 0 Å². The second kappa shape index (κ2) is 3.79. The van der Waals surface area contributed by atoms with E-state index in [0.717, 1.165) is 22.2 Å². The number of aryl methyl sites for hydroxylation is 1. The van der Waals surface area contributed by atoms with Crippen molar-refractivity contribution in [3.8, 4) is 10.6 Å². The second-order valence-corrected chi connectivity index (χ2v) is 3.88. The third kappa shape index (κ3) is 1.50. The second-order valence-electron chi connectivity index (χ2n) is 2.84. The van der Waals surface area contributed by atoms with Crippen molar-refractivity contribution in [2.75, 3.05) is 12.4 Å². The topological polar surface area (TPSA) is 42.7 Å². The highest BCUT2D eigenvalue weighted by Gasteiger charge is 2.07. The zero-order valence-electron chi connectivity index (χ0n) is 8.19. The summed E-state index contributed by atoms with van der Waals surface area (Å²) in [5, 5.41) is 3.96. The maximum atomic E-state index is 4.23. The van der Waals surface area contributed by atoms with Crippen molar-refractivity contribution in [3.63, 3.8) is 0 Å². The maximum absolute atomic E-state index is 4.23. The van der Waals surface area contributed by atoms with Crippen molar-refractivity contribution in [1.29, 1.82) is 0 Å². The van der Waals surface area contributed by atoms with Gasteiger partial charge in [-0.2, -0.15) is 0 Å². The van der Waals surface area contributed by atoms with Crippen LogP contribution in [-0.4, -0.2) is 21.6 Å². The first-order valence-electron chi connectivity index (χ1n) is 4.49. The van der Waals surface area contributed by atoms with Gasteiger partial charge in [-0.3, -0.25) is 0 Å². The van der Waals surface area contributed by atoms with Crippen molar-refractivity contribution in [2.45, 2.75) is 13.5 Å². The Morgan fingerprint density at radius 3 is 3.00 bits per heavy atom. The Hall–Kier alpha value is -1.36. The molecule has 74 valence electrons.